The van der Waals surface area contributed by atoms with E-state index in [1.54, 1.807) is 16.8 Å². The molecule has 158 valence electrons. The second-order valence-electron chi connectivity index (χ2n) is 7.70. The molecule has 4 rings (SSSR count). The van der Waals surface area contributed by atoms with Gasteiger partial charge in [0.1, 0.15) is 5.52 Å². The minimum atomic E-state index is -0.310. The van der Waals surface area contributed by atoms with E-state index in [-0.39, 0.29) is 6.09 Å². The Bertz CT molecular complexity index is 1080. The van der Waals surface area contributed by atoms with Crippen molar-refractivity contribution in [3.05, 3.63) is 46.4 Å². The van der Waals surface area contributed by atoms with Crippen LogP contribution in [0.1, 0.15) is 33.1 Å². The third-order valence-corrected chi connectivity index (χ3v) is 5.90. The van der Waals surface area contributed by atoms with Gasteiger partial charge in [-0.05, 0) is 50.3 Å². The number of hydrogen-bond acceptors (Lipinski definition) is 3. The van der Waals surface area contributed by atoms with Crippen LogP contribution in [0, 0.1) is 5.92 Å². The number of ether oxygens (including phenoxy) is 1. The van der Waals surface area contributed by atoms with E-state index >= 15 is 0 Å². The molecule has 30 heavy (non-hydrogen) atoms. The van der Waals surface area contributed by atoms with E-state index in [1.165, 1.54) is 12.8 Å². The lowest BCUT2D eigenvalue weighted by molar-refractivity contribution is 0.146. The first-order valence-electron chi connectivity index (χ1n) is 10.4. The first-order valence-corrected chi connectivity index (χ1v) is 11.2. The maximum Gasteiger partial charge on any atom is 0.416 e. The number of amides is 1. The van der Waals surface area contributed by atoms with E-state index in [0.717, 1.165) is 35.0 Å². The second kappa shape index (κ2) is 8.86. The molecule has 1 aromatic heterocycles. The smallest absolute Gasteiger partial charge is 0.391 e. The van der Waals surface area contributed by atoms with Gasteiger partial charge in [0.2, 0.25) is 5.88 Å². The number of fused-ring (bicyclic) bond motifs is 1. The van der Waals surface area contributed by atoms with Gasteiger partial charge in [0.25, 0.3) is 0 Å². The van der Waals surface area contributed by atoms with Crippen molar-refractivity contribution >= 4 is 40.2 Å². The van der Waals surface area contributed by atoms with Crippen molar-refractivity contribution < 1.29 is 9.53 Å². The predicted octanol–water partition coefficient (Wildman–Crippen LogP) is 6.65. The molecule has 5 nitrogen and oxygen atoms in total. The van der Waals surface area contributed by atoms with Gasteiger partial charge < -0.3 is 9.64 Å². The molecule has 0 N–H and O–H groups in total. The lowest BCUT2D eigenvalue weighted by atomic mass is 10.0. The summed E-state index contributed by atoms with van der Waals surface area (Å²) in [6.07, 6.45) is 2.97. The van der Waals surface area contributed by atoms with E-state index in [2.05, 4.69) is 6.92 Å². The highest BCUT2D eigenvalue weighted by Gasteiger charge is 2.28. The fourth-order valence-corrected chi connectivity index (χ4v) is 4.17. The summed E-state index contributed by atoms with van der Waals surface area (Å²) in [5, 5.41) is 6.65. The Hall–Kier alpha value is -2.24. The molecule has 0 spiro atoms. The van der Waals surface area contributed by atoms with Crippen molar-refractivity contribution in [1.29, 1.82) is 0 Å². The van der Waals surface area contributed by atoms with Gasteiger partial charge in [-0.1, -0.05) is 48.3 Å². The van der Waals surface area contributed by atoms with Crippen LogP contribution in [-0.4, -0.2) is 33.9 Å². The number of carbonyl (C=O) groups is 1. The van der Waals surface area contributed by atoms with Gasteiger partial charge in [0.15, 0.2) is 0 Å². The quantitative estimate of drug-likeness (QED) is 0.408. The highest BCUT2D eigenvalue weighted by Crippen LogP contribution is 2.38. The Labute approximate surface area is 186 Å². The Morgan fingerprint density at radius 1 is 1.20 bits per heavy atom. The van der Waals surface area contributed by atoms with Gasteiger partial charge in [-0.2, -0.15) is 5.10 Å². The molecule has 2 aromatic carbocycles. The van der Waals surface area contributed by atoms with Crippen molar-refractivity contribution in [2.24, 2.45) is 5.92 Å². The highest BCUT2D eigenvalue weighted by molar-refractivity contribution is 6.36. The van der Waals surface area contributed by atoms with E-state index in [9.17, 15) is 4.79 Å². The maximum absolute atomic E-state index is 12.9. The van der Waals surface area contributed by atoms with Gasteiger partial charge in [-0.3, -0.25) is 0 Å². The molecule has 1 heterocycles. The number of nitrogens with zero attached hydrogens (tertiary/aromatic N) is 3. The molecular weight excluding hydrogens is 421 g/mol. The molecule has 0 atom stereocenters. The number of aryl methyl sites for hydroxylation is 1. The molecule has 1 aliphatic rings. The van der Waals surface area contributed by atoms with Crippen LogP contribution in [0.4, 0.5) is 4.79 Å². The molecule has 1 amide bonds. The average molecular weight is 446 g/mol. The largest absolute Gasteiger partial charge is 0.416 e. The van der Waals surface area contributed by atoms with Crippen LogP contribution in [0.15, 0.2) is 36.4 Å². The molecule has 0 bridgehead atoms. The molecule has 1 fully saturated rings. The van der Waals surface area contributed by atoms with E-state index in [1.807, 2.05) is 36.1 Å². The lowest BCUT2D eigenvalue weighted by Gasteiger charge is -2.21. The number of carbonyl (C=O) groups excluding carboxylic acids is 1. The summed E-state index contributed by atoms with van der Waals surface area (Å²) in [6.45, 7) is 6.09. The summed E-state index contributed by atoms with van der Waals surface area (Å²) in [6, 6.07) is 11.2. The summed E-state index contributed by atoms with van der Waals surface area (Å²) < 4.78 is 7.64. The normalized spacial score (nSPS) is 13.6. The minimum Gasteiger partial charge on any atom is -0.391 e. The highest BCUT2D eigenvalue weighted by atomic mass is 35.5. The summed E-state index contributed by atoms with van der Waals surface area (Å²) in [5.41, 5.74) is 2.46. The summed E-state index contributed by atoms with van der Waals surface area (Å²) in [7, 11) is 0. The van der Waals surface area contributed by atoms with E-state index in [0.29, 0.717) is 34.9 Å². The zero-order valence-electron chi connectivity index (χ0n) is 17.2. The van der Waals surface area contributed by atoms with Gasteiger partial charge in [-0.15, -0.1) is 0 Å². The molecule has 0 radical (unpaired) electrons. The molecular formula is C23H25Cl2N3O2. The third kappa shape index (κ3) is 4.28. The number of rotatable bonds is 7. The second-order valence-corrected chi connectivity index (χ2v) is 8.55. The Morgan fingerprint density at radius 3 is 2.67 bits per heavy atom. The molecule has 7 heteroatoms. The van der Waals surface area contributed by atoms with Crippen LogP contribution in [-0.2, 0) is 6.54 Å². The van der Waals surface area contributed by atoms with Crippen LogP contribution in [0.3, 0.4) is 0 Å². The van der Waals surface area contributed by atoms with Crippen LogP contribution < -0.4 is 4.74 Å². The maximum atomic E-state index is 12.9. The summed E-state index contributed by atoms with van der Waals surface area (Å²) >= 11 is 12.5. The van der Waals surface area contributed by atoms with Gasteiger partial charge >= 0.3 is 6.09 Å². The fraction of sp³-hybridized carbons (Fsp3) is 0.391. The lowest BCUT2D eigenvalue weighted by Crippen LogP contribution is -2.36. The average Bonchev–Trinajstić information content (AvgIpc) is 3.47. The minimum absolute atomic E-state index is 0.310. The first-order chi connectivity index (χ1) is 14.5. The molecule has 0 unspecified atom stereocenters. The number of benzene rings is 2. The topological polar surface area (TPSA) is 47.4 Å². The number of hydrogen-bond donors (Lipinski definition) is 0. The summed E-state index contributed by atoms with van der Waals surface area (Å²) in [4.78, 5) is 14.8. The van der Waals surface area contributed by atoms with Crippen molar-refractivity contribution in [3.8, 4) is 17.0 Å². The molecule has 3 aromatic rings. The van der Waals surface area contributed by atoms with E-state index < -0.39 is 0 Å². The molecule has 1 aliphatic carbocycles. The first kappa shape index (κ1) is 21.0. The predicted molar refractivity (Wildman–Crippen MR) is 121 cm³/mol. The third-order valence-electron chi connectivity index (χ3n) is 5.35. The van der Waals surface area contributed by atoms with Gasteiger partial charge in [-0.25, -0.2) is 9.48 Å². The SMILES string of the molecule is CCCN(CC1CC1)C(=O)Oc1c2cccc(-c3ccc(Cl)cc3Cl)c2nn1CC. The van der Waals surface area contributed by atoms with Crippen molar-refractivity contribution in [2.45, 2.75) is 39.7 Å². The van der Waals surface area contributed by atoms with Crippen LogP contribution in [0.5, 0.6) is 5.88 Å². The Kier molecular flexibility index (Phi) is 6.21. The van der Waals surface area contributed by atoms with Crippen LogP contribution in [0.2, 0.25) is 10.0 Å². The van der Waals surface area contributed by atoms with Crippen LogP contribution in [0.25, 0.3) is 22.0 Å². The molecule has 1 saturated carbocycles. The zero-order chi connectivity index (χ0) is 21.3. The standard InChI is InChI=1S/C23H25Cl2N3O2/c1-3-12-27(14-15-8-9-15)23(29)30-22-19-7-5-6-18(21(19)26-28(22)4-2)17-11-10-16(24)13-20(17)25/h5-7,10-11,13,15H,3-4,8-9,12,14H2,1-2H3. The number of aromatic nitrogens is 2. The van der Waals surface area contributed by atoms with Crippen molar-refractivity contribution in [1.82, 2.24) is 14.7 Å². The zero-order valence-corrected chi connectivity index (χ0v) is 18.7. The Balaban J connectivity index is 1.72. The molecule has 0 aliphatic heterocycles. The number of halogens is 2. The van der Waals surface area contributed by atoms with Gasteiger partial charge in [0.05, 0.1) is 5.39 Å². The monoisotopic (exact) mass is 445 g/mol. The van der Waals surface area contributed by atoms with Crippen molar-refractivity contribution in [2.75, 3.05) is 13.1 Å². The Morgan fingerprint density at radius 2 is 2.00 bits per heavy atom. The fourth-order valence-electron chi connectivity index (χ4n) is 3.66. The van der Waals surface area contributed by atoms with Crippen LogP contribution >= 0.6 is 23.2 Å². The van der Waals surface area contributed by atoms with Crippen molar-refractivity contribution in [3.63, 3.8) is 0 Å². The van der Waals surface area contributed by atoms with Gasteiger partial charge in [0, 0.05) is 40.8 Å². The molecule has 0 saturated heterocycles. The summed E-state index contributed by atoms with van der Waals surface area (Å²) in [5.74, 6) is 1.08. The van der Waals surface area contributed by atoms with E-state index in [4.69, 9.17) is 33.0 Å².